The lowest BCUT2D eigenvalue weighted by Gasteiger charge is -2.56. The number of pyridine rings is 1. The van der Waals surface area contributed by atoms with Crippen LogP contribution in [0.5, 0.6) is 0 Å². The summed E-state index contributed by atoms with van der Waals surface area (Å²) in [6.07, 6.45) is 0.991. The molecule has 4 aliphatic carbocycles. The Labute approximate surface area is 270 Å². The molecule has 7 nitrogen and oxygen atoms in total. The third kappa shape index (κ3) is 5.64. The Bertz CT molecular complexity index is 1680. The van der Waals surface area contributed by atoms with Gasteiger partial charge in [0.2, 0.25) is 5.88 Å². The minimum absolute atomic E-state index is 0.0184. The number of hydrogen-bond donors (Lipinski definition) is 1. The largest absolute Gasteiger partial charge is 0.466 e. The molecule has 0 saturated heterocycles. The third-order valence-electron chi connectivity index (χ3n) is 10.2. The fourth-order valence-electron chi connectivity index (χ4n) is 8.45. The average molecular weight is 649 g/mol. The third-order valence-corrected chi connectivity index (χ3v) is 11.1. The molecule has 240 valence electrons. The summed E-state index contributed by atoms with van der Waals surface area (Å²) >= 11 is 0.887. The van der Waals surface area contributed by atoms with Crippen LogP contribution in [-0.2, 0) is 25.9 Å². The predicted octanol–water partition coefficient (Wildman–Crippen LogP) is 7.59. The molecule has 0 amide bonds. The maximum Gasteiger partial charge on any atom is 0.417 e. The van der Waals surface area contributed by atoms with Gasteiger partial charge in [-0.2, -0.15) is 23.7 Å². The number of carbonyl (C=O) groups is 1. The van der Waals surface area contributed by atoms with Crippen LogP contribution < -0.4 is 5.73 Å². The van der Waals surface area contributed by atoms with Crippen LogP contribution in [0.3, 0.4) is 0 Å². The van der Waals surface area contributed by atoms with Gasteiger partial charge in [0.05, 0.1) is 35.5 Å². The van der Waals surface area contributed by atoms with Gasteiger partial charge in [-0.15, -0.1) is 0 Å². The van der Waals surface area contributed by atoms with Gasteiger partial charge >= 0.3 is 12.1 Å². The van der Waals surface area contributed by atoms with Gasteiger partial charge in [0.25, 0.3) is 0 Å². The monoisotopic (exact) mass is 648 g/mol. The molecule has 2 aromatic rings. The van der Waals surface area contributed by atoms with Crippen molar-refractivity contribution < 1.29 is 27.4 Å². The predicted molar refractivity (Wildman–Crippen MR) is 165 cm³/mol. The van der Waals surface area contributed by atoms with Gasteiger partial charge in [-0.3, -0.25) is 0 Å². The number of methoxy groups -OCH3 is 1. The van der Waals surface area contributed by atoms with Crippen molar-refractivity contribution in [2.75, 3.05) is 12.9 Å². The van der Waals surface area contributed by atoms with E-state index in [1.54, 1.807) is 6.07 Å². The summed E-state index contributed by atoms with van der Waals surface area (Å²) in [5, 5.41) is 19.9. The molecule has 0 radical (unpaired) electrons. The number of allylic oxidation sites excluding steroid dienone is 1. The van der Waals surface area contributed by atoms with E-state index in [4.69, 9.17) is 20.2 Å². The fraction of sp³-hybridized carbons (Fsp3) is 0.486. The molecule has 2 heterocycles. The normalized spacial score (nSPS) is 27.0. The number of carbonyl (C=O) groups excluding carboxylic acids is 1. The standard InChI is InChI=1S/C35H35F3N4O3S/c1-18(2)22-4-6-23(7-5-22)29-25(16-40)31(41)45-27(30(29)33(43)44-3)17-46-32-24(15-39)26(35(36,37)38)11-28(42-32)34-12-19-8-20(13-34)10-21(9-19)14-34/h4-7,11,18-21,29H,8-10,12-14,17,41H2,1-3H3. The van der Waals surface area contributed by atoms with E-state index in [9.17, 15) is 28.5 Å². The summed E-state index contributed by atoms with van der Waals surface area (Å²) < 4.78 is 54.4. The number of alkyl halides is 3. The topological polar surface area (TPSA) is 122 Å². The number of hydrogen-bond acceptors (Lipinski definition) is 8. The van der Waals surface area contributed by atoms with Gasteiger partial charge in [-0.05, 0) is 79.4 Å². The highest BCUT2D eigenvalue weighted by molar-refractivity contribution is 7.99. The Morgan fingerprint density at radius 2 is 1.72 bits per heavy atom. The minimum atomic E-state index is -4.76. The summed E-state index contributed by atoms with van der Waals surface area (Å²) in [6, 6.07) is 12.3. The molecule has 0 spiro atoms. The Kier molecular flexibility index (Phi) is 8.35. The molecule has 1 unspecified atom stereocenters. The second-order valence-electron chi connectivity index (χ2n) is 13.4. The summed E-state index contributed by atoms with van der Waals surface area (Å²) in [4.78, 5) is 18.1. The molecule has 2 N–H and O–H groups in total. The zero-order valence-corrected chi connectivity index (χ0v) is 26.7. The first-order chi connectivity index (χ1) is 21.9. The molecular weight excluding hydrogens is 613 g/mol. The number of nitrogens with two attached hydrogens (primary N) is 1. The second-order valence-corrected chi connectivity index (χ2v) is 14.4. The molecule has 4 fully saturated rings. The molecule has 4 bridgehead atoms. The van der Waals surface area contributed by atoms with E-state index in [1.807, 2.05) is 38.1 Å². The SMILES string of the molecule is COC(=O)C1=C(CSc2nc(C34CC5CC(CC(C5)C3)C4)cc(C(F)(F)F)c2C#N)OC(N)=C(C#N)C1c1ccc(C(C)C)cc1. The van der Waals surface area contributed by atoms with Crippen molar-refractivity contribution in [1.82, 2.24) is 4.98 Å². The van der Waals surface area contributed by atoms with Crippen LogP contribution in [-0.4, -0.2) is 23.8 Å². The molecule has 7 rings (SSSR count). The van der Waals surface area contributed by atoms with E-state index in [0.29, 0.717) is 29.0 Å². The van der Waals surface area contributed by atoms with Gasteiger partial charge in [-0.1, -0.05) is 49.9 Å². The van der Waals surface area contributed by atoms with Crippen molar-refractivity contribution in [3.8, 4) is 12.1 Å². The number of benzene rings is 1. The Balaban J connectivity index is 1.42. The number of nitrogens with zero attached hydrogens (tertiary/aromatic N) is 3. The first-order valence-corrected chi connectivity index (χ1v) is 16.5. The number of esters is 1. The first-order valence-electron chi connectivity index (χ1n) is 15.5. The fourth-order valence-corrected chi connectivity index (χ4v) is 9.40. The molecule has 11 heteroatoms. The van der Waals surface area contributed by atoms with Crippen molar-refractivity contribution in [2.45, 2.75) is 80.8 Å². The van der Waals surface area contributed by atoms with Gasteiger partial charge in [-0.25, -0.2) is 9.78 Å². The molecule has 1 atom stereocenters. The van der Waals surface area contributed by atoms with Gasteiger partial charge in [0, 0.05) is 11.1 Å². The lowest BCUT2D eigenvalue weighted by molar-refractivity contribution is -0.138. The molecule has 4 saturated carbocycles. The number of thioether (sulfide) groups is 1. The lowest BCUT2D eigenvalue weighted by atomic mass is 9.48. The number of aromatic nitrogens is 1. The lowest BCUT2D eigenvalue weighted by Crippen LogP contribution is -2.49. The average Bonchev–Trinajstić information content (AvgIpc) is 3.01. The highest BCUT2D eigenvalue weighted by Crippen LogP contribution is 2.61. The first kappa shape index (κ1) is 32.0. The molecule has 1 aromatic heterocycles. The minimum Gasteiger partial charge on any atom is -0.466 e. The van der Waals surface area contributed by atoms with Crippen LogP contribution in [0.15, 0.2) is 58.1 Å². The Morgan fingerprint density at radius 1 is 1.11 bits per heavy atom. The van der Waals surface area contributed by atoms with Crippen LogP contribution in [0.1, 0.15) is 92.2 Å². The molecule has 1 aliphatic heterocycles. The highest BCUT2D eigenvalue weighted by atomic mass is 32.2. The van der Waals surface area contributed by atoms with Crippen LogP contribution in [0.25, 0.3) is 0 Å². The summed E-state index contributed by atoms with van der Waals surface area (Å²) in [5.74, 6) is -0.347. The Hall–Kier alpha value is -3.96. The van der Waals surface area contributed by atoms with E-state index >= 15 is 0 Å². The van der Waals surface area contributed by atoms with Gasteiger partial charge < -0.3 is 15.2 Å². The van der Waals surface area contributed by atoms with E-state index in [1.165, 1.54) is 7.11 Å². The smallest absolute Gasteiger partial charge is 0.417 e. The van der Waals surface area contributed by atoms with Gasteiger partial charge in [0.1, 0.15) is 28.5 Å². The number of nitriles is 2. The summed E-state index contributed by atoms with van der Waals surface area (Å²) in [5.41, 5.74) is 6.29. The second kappa shape index (κ2) is 12.0. The highest BCUT2D eigenvalue weighted by Gasteiger charge is 2.53. The summed E-state index contributed by atoms with van der Waals surface area (Å²) in [7, 11) is 1.20. The van der Waals surface area contributed by atoms with E-state index < -0.39 is 34.6 Å². The molecular formula is C35H35F3N4O3S. The van der Waals surface area contributed by atoms with Crippen LogP contribution in [0.4, 0.5) is 13.2 Å². The van der Waals surface area contributed by atoms with Crippen LogP contribution in [0.2, 0.25) is 0 Å². The zero-order valence-electron chi connectivity index (χ0n) is 25.9. The maximum absolute atomic E-state index is 14.5. The van der Waals surface area contributed by atoms with Crippen LogP contribution in [0, 0.1) is 40.4 Å². The number of rotatable bonds is 7. The quantitative estimate of drug-likeness (QED) is 0.241. The Morgan fingerprint density at radius 3 is 2.22 bits per heavy atom. The molecule has 46 heavy (non-hydrogen) atoms. The van der Waals surface area contributed by atoms with Crippen molar-refractivity contribution >= 4 is 17.7 Å². The van der Waals surface area contributed by atoms with Crippen molar-refractivity contribution in [3.05, 3.63) is 81.1 Å². The zero-order chi connectivity index (χ0) is 33.0. The number of halogens is 3. The van der Waals surface area contributed by atoms with E-state index in [2.05, 4.69) is 6.07 Å². The van der Waals surface area contributed by atoms with Crippen molar-refractivity contribution in [1.29, 1.82) is 10.5 Å². The van der Waals surface area contributed by atoms with E-state index in [0.717, 1.165) is 61.9 Å². The van der Waals surface area contributed by atoms with Crippen molar-refractivity contribution in [3.63, 3.8) is 0 Å². The van der Waals surface area contributed by atoms with Crippen LogP contribution >= 0.6 is 11.8 Å². The van der Waals surface area contributed by atoms with Crippen molar-refractivity contribution in [2.24, 2.45) is 23.5 Å². The molecule has 1 aromatic carbocycles. The van der Waals surface area contributed by atoms with Gasteiger partial charge in [0.15, 0.2) is 0 Å². The summed E-state index contributed by atoms with van der Waals surface area (Å²) in [6.45, 7) is 4.09. The molecule has 5 aliphatic rings. The number of ether oxygens (including phenoxy) is 2. The van der Waals surface area contributed by atoms with E-state index in [-0.39, 0.29) is 39.5 Å². The maximum atomic E-state index is 14.5.